The van der Waals surface area contributed by atoms with Gasteiger partial charge in [-0.2, -0.15) is 14.9 Å². The predicted molar refractivity (Wildman–Crippen MR) is 125 cm³/mol. The first-order valence-electron chi connectivity index (χ1n) is 10.8. The van der Waals surface area contributed by atoms with Crippen LogP contribution in [-0.2, 0) is 4.79 Å². The SMILES string of the molecule is CCCC(CCC)C(=O)Nc1cc(C)nn1-c1ncnc2c1cnn2-c1cccc(Cl)c1. The minimum Gasteiger partial charge on any atom is -0.310 e. The Balaban J connectivity index is 1.74. The van der Waals surface area contributed by atoms with Gasteiger partial charge < -0.3 is 5.32 Å². The van der Waals surface area contributed by atoms with Gasteiger partial charge in [0.2, 0.25) is 5.91 Å². The van der Waals surface area contributed by atoms with Crippen LogP contribution >= 0.6 is 11.6 Å². The quantitative estimate of drug-likeness (QED) is 0.401. The Kier molecular flexibility index (Phi) is 6.50. The normalized spacial score (nSPS) is 11.4. The second-order valence-corrected chi connectivity index (χ2v) is 8.25. The van der Waals surface area contributed by atoms with Crippen molar-refractivity contribution < 1.29 is 4.79 Å². The fourth-order valence-corrected chi connectivity index (χ4v) is 4.06. The summed E-state index contributed by atoms with van der Waals surface area (Å²) in [5, 5.41) is 13.5. The zero-order valence-electron chi connectivity index (χ0n) is 18.4. The van der Waals surface area contributed by atoms with E-state index in [0.29, 0.717) is 27.7 Å². The number of benzene rings is 1. The van der Waals surface area contributed by atoms with Crippen molar-refractivity contribution in [2.45, 2.75) is 46.5 Å². The summed E-state index contributed by atoms with van der Waals surface area (Å²) in [5.41, 5.74) is 2.19. The lowest BCUT2D eigenvalue weighted by atomic mass is 9.97. The lowest BCUT2D eigenvalue weighted by molar-refractivity contribution is -0.120. The van der Waals surface area contributed by atoms with E-state index in [0.717, 1.165) is 37.1 Å². The van der Waals surface area contributed by atoms with E-state index in [1.165, 1.54) is 6.33 Å². The number of aromatic nitrogens is 6. The molecule has 0 aliphatic heterocycles. The Bertz CT molecular complexity index is 1240. The van der Waals surface area contributed by atoms with Crippen molar-refractivity contribution in [2.24, 2.45) is 5.92 Å². The maximum atomic E-state index is 13.0. The standard InChI is InChI=1S/C23H26ClN7O/c1-4-7-16(8-5-2)23(32)28-20-11-15(3)29-31(20)22-19-13-27-30(21(19)25-14-26-22)18-10-6-9-17(24)12-18/h6,9-14,16H,4-5,7-8H2,1-3H3,(H,28,32). The van der Waals surface area contributed by atoms with Crippen molar-refractivity contribution in [1.82, 2.24) is 29.5 Å². The number of hydrogen-bond acceptors (Lipinski definition) is 5. The van der Waals surface area contributed by atoms with Gasteiger partial charge in [0.25, 0.3) is 0 Å². The summed E-state index contributed by atoms with van der Waals surface area (Å²) < 4.78 is 3.36. The second kappa shape index (κ2) is 9.48. The van der Waals surface area contributed by atoms with Crippen molar-refractivity contribution in [1.29, 1.82) is 0 Å². The molecule has 3 heterocycles. The summed E-state index contributed by atoms with van der Waals surface area (Å²) in [4.78, 5) is 21.8. The van der Waals surface area contributed by atoms with Gasteiger partial charge in [0, 0.05) is 17.0 Å². The molecule has 4 rings (SSSR count). The first-order valence-corrected chi connectivity index (χ1v) is 11.2. The van der Waals surface area contributed by atoms with Crippen LogP contribution in [0.2, 0.25) is 5.02 Å². The van der Waals surface area contributed by atoms with Gasteiger partial charge in [-0.25, -0.2) is 14.6 Å². The van der Waals surface area contributed by atoms with Crippen molar-refractivity contribution in [3.63, 3.8) is 0 Å². The third kappa shape index (κ3) is 4.36. The van der Waals surface area contributed by atoms with E-state index in [1.807, 2.05) is 37.3 Å². The van der Waals surface area contributed by atoms with Crippen molar-refractivity contribution in [2.75, 3.05) is 5.32 Å². The number of fused-ring (bicyclic) bond motifs is 1. The van der Waals surface area contributed by atoms with Gasteiger partial charge in [0.15, 0.2) is 11.5 Å². The molecular formula is C23H26ClN7O. The maximum absolute atomic E-state index is 13.0. The molecule has 0 unspecified atom stereocenters. The molecule has 8 nitrogen and oxygen atoms in total. The summed E-state index contributed by atoms with van der Waals surface area (Å²) in [6, 6.07) is 9.25. The van der Waals surface area contributed by atoms with E-state index < -0.39 is 0 Å². The summed E-state index contributed by atoms with van der Waals surface area (Å²) >= 11 is 6.15. The van der Waals surface area contributed by atoms with Crippen LogP contribution in [0.1, 0.15) is 45.2 Å². The average Bonchev–Trinajstić information content (AvgIpc) is 3.36. The van der Waals surface area contributed by atoms with Crippen molar-refractivity contribution >= 4 is 34.4 Å². The van der Waals surface area contributed by atoms with Crippen LogP contribution in [-0.4, -0.2) is 35.4 Å². The largest absolute Gasteiger partial charge is 0.310 e. The Labute approximate surface area is 191 Å². The summed E-state index contributed by atoms with van der Waals surface area (Å²) in [6.07, 6.45) is 6.82. The maximum Gasteiger partial charge on any atom is 0.228 e. The molecule has 4 aromatic rings. The van der Waals surface area contributed by atoms with Crippen molar-refractivity contribution in [3.8, 4) is 11.5 Å². The number of carbonyl (C=O) groups excluding carboxylic acids is 1. The third-order valence-corrected chi connectivity index (χ3v) is 5.56. The van der Waals surface area contributed by atoms with Crippen LogP contribution in [0, 0.1) is 12.8 Å². The predicted octanol–water partition coefficient (Wildman–Crippen LogP) is 5.12. The highest BCUT2D eigenvalue weighted by Crippen LogP contribution is 2.26. The molecule has 0 radical (unpaired) electrons. The van der Waals surface area contributed by atoms with E-state index in [2.05, 4.69) is 39.3 Å². The number of nitrogens with one attached hydrogen (secondary N) is 1. The van der Waals surface area contributed by atoms with Crippen LogP contribution in [0.25, 0.3) is 22.5 Å². The van der Waals surface area contributed by atoms with Gasteiger partial charge in [-0.05, 0) is 38.0 Å². The zero-order valence-corrected chi connectivity index (χ0v) is 19.2. The summed E-state index contributed by atoms with van der Waals surface area (Å²) in [6.45, 7) is 6.08. The summed E-state index contributed by atoms with van der Waals surface area (Å²) in [5.74, 6) is 1.12. The smallest absolute Gasteiger partial charge is 0.228 e. The number of hydrogen-bond donors (Lipinski definition) is 1. The molecule has 1 N–H and O–H groups in total. The highest BCUT2D eigenvalue weighted by molar-refractivity contribution is 6.30. The molecule has 166 valence electrons. The molecule has 0 saturated heterocycles. The van der Waals surface area contributed by atoms with E-state index in [4.69, 9.17) is 11.6 Å². The highest BCUT2D eigenvalue weighted by Gasteiger charge is 2.21. The molecule has 0 aliphatic carbocycles. The van der Waals surface area contributed by atoms with Gasteiger partial charge in [-0.3, -0.25) is 4.79 Å². The van der Waals surface area contributed by atoms with Crippen LogP contribution in [0.3, 0.4) is 0 Å². The molecule has 0 fully saturated rings. The van der Waals surface area contributed by atoms with Gasteiger partial charge in [-0.1, -0.05) is 44.4 Å². The Morgan fingerprint density at radius 1 is 1.12 bits per heavy atom. The first kappa shape index (κ1) is 22.0. The third-order valence-electron chi connectivity index (χ3n) is 5.33. The number of halogens is 1. The van der Waals surface area contributed by atoms with E-state index >= 15 is 0 Å². The fourth-order valence-electron chi connectivity index (χ4n) is 3.88. The number of rotatable bonds is 8. The number of carbonyl (C=O) groups is 1. The molecule has 0 aliphatic rings. The zero-order chi connectivity index (χ0) is 22.7. The number of anilines is 1. The van der Waals surface area contributed by atoms with E-state index in [1.54, 1.807) is 15.6 Å². The molecule has 32 heavy (non-hydrogen) atoms. The van der Waals surface area contributed by atoms with Crippen LogP contribution in [0.5, 0.6) is 0 Å². The average molecular weight is 452 g/mol. The van der Waals surface area contributed by atoms with Crippen LogP contribution < -0.4 is 5.32 Å². The topological polar surface area (TPSA) is 90.5 Å². The highest BCUT2D eigenvalue weighted by atomic mass is 35.5. The molecule has 0 bridgehead atoms. The number of aryl methyl sites for hydroxylation is 1. The lowest BCUT2D eigenvalue weighted by Gasteiger charge is -2.16. The minimum atomic E-state index is -0.0235. The molecule has 0 spiro atoms. The minimum absolute atomic E-state index is 0.00905. The molecule has 0 atom stereocenters. The molecule has 1 aromatic carbocycles. The molecule has 0 saturated carbocycles. The Morgan fingerprint density at radius 3 is 2.62 bits per heavy atom. The molecule has 3 aromatic heterocycles. The lowest BCUT2D eigenvalue weighted by Crippen LogP contribution is -2.24. The summed E-state index contributed by atoms with van der Waals surface area (Å²) in [7, 11) is 0. The molecular weight excluding hydrogens is 426 g/mol. The monoisotopic (exact) mass is 451 g/mol. The van der Waals surface area contributed by atoms with Gasteiger partial charge in [0.1, 0.15) is 12.1 Å². The molecule has 9 heteroatoms. The van der Waals surface area contributed by atoms with E-state index in [9.17, 15) is 4.79 Å². The number of nitrogens with zero attached hydrogens (tertiary/aromatic N) is 6. The van der Waals surface area contributed by atoms with Gasteiger partial charge in [-0.15, -0.1) is 0 Å². The number of amides is 1. The van der Waals surface area contributed by atoms with E-state index in [-0.39, 0.29) is 11.8 Å². The van der Waals surface area contributed by atoms with Gasteiger partial charge >= 0.3 is 0 Å². The second-order valence-electron chi connectivity index (χ2n) is 7.82. The Hall–Kier alpha value is -3.26. The van der Waals surface area contributed by atoms with Crippen LogP contribution in [0.4, 0.5) is 5.82 Å². The fraction of sp³-hybridized carbons (Fsp3) is 0.348. The molecule has 1 amide bonds. The van der Waals surface area contributed by atoms with Gasteiger partial charge in [0.05, 0.1) is 23.0 Å². The Morgan fingerprint density at radius 2 is 1.91 bits per heavy atom. The van der Waals surface area contributed by atoms with Crippen molar-refractivity contribution in [3.05, 3.63) is 53.6 Å². The first-order chi connectivity index (χ1) is 15.5. The van der Waals surface area contributed by atoms with Crippen LogP contribution in [0.15, 0.2) is 42.9 Å².